The first-order valence-corrected chi connectivity index (χ1v) is 10.5. The minimum absolute atomic E-state index is 0.0921. The van der Waals surface area contributed by atoms with Gasteiger partial charge in [0, 0.05) is 28.0 Å². The Morgan fingerprint density at radius 1 is 1.00 bits per heavy atom. The van der Waals surface area contributed by atoms with Gasteiger partial charge >= 0.3 is 0 Å². The lowest BCUT2D eigenvalue weighted by molar-refractivity contribution is -0.121. The number of hydrogen-bond acceptors (Lipinski definition) is 5. The summed E-state index contributed by atoms with van der Waals surface area (Å²) in [6.45, 7) is 0. The number of amides is 2. The van der Waals surface area contributed by atoms with Gasteiger partial charge in [-0.1, -0.05) is 51.8 Å². The number of rotatable bonds is 3. The van der Waals surface area contributed by atoms with Gasteiger partial charge in [0.25, 0.3) is 5.95 Å². The lowest BCUT2D eigenvalue weighted by Gasteiger charge is -2.24. The summed E-state index contributed by atoms with van der Waals surface area (Å²) in [6.07, 6.45) is 2.39. The molecule has 2 aliphatic rings. The van der Waals surface area contributed by atoms with Crippen LogP contribution in [-0.4, -0.2) is 26.6 Å². The fraction of sp³-hybridized carbons (Fsp3) is 0.143. The van der Waals surface area contributed by atoms with Crippen molar-refractivity contribution in [3.63, 3.8) is 0 Å². The Balaban J connectivity index is 1.61. The second-order valence-corrected chi connectivity index (χ2v) is 8.36. The molecule has 1 unspecified atom stereocenters. The van der Waals surface area contributed by atoms with E-state index >= 15 is 0 Å². The molecule has 0 aliphatic carbocycles. The topological polar surface area (TPSA) is 80.1 Å². The van der Waals surface area contributed by atoms with E-state index in [0.29, 0.717) is 11.0 Å². The number of carbonyl (C=O) groups excluding carboxylic acids is 2. The van der Waals surface area contributed by atoms with E-state index in [4.69, 9.17) is 11.6 Å². The van der Waals surface area contributed by atoms with E-state index < -0.39 is 0 Å². The quantitative estimate of drug-likeness (QED) is 0.557. The molecule has 1 atom stereocenters. The highest BCUT2D eigenvalue weighted by Crippen LogP contribution is 2.35. The second kappa shape index (κ2) is 7.37. The number of nitrogens with one attached hydrogen (secondary N) is 1. The van der Waals surface area contributed by atoms with Crippen LogP contribution in [0.2, 0.25) is 5.02 Å². The summed E-state index contributed by atoms with van der Waals surface area (Å²) >= 11 is 9.52. The van der Waals surface area contributed by atoms with Crippen LogP contribution in [0.15, 0.2) is 59.1 Å². The molecule has 1 aromatic heterocycles. The zero-order chi connectivity index (χ0) is 20.8. The van der Waals surface area contributed by atoms with Gasteiger partial charge < -0.3 is 5.32 Å². The van der Waals surface area contributed by atoms with Crippen molar-refractivity contribution in [2.45, 2.75) is 18.9 Å². The number of nitrogens with zero attached hydrogens (tertiary/aromatic N) is 4. The molecule has 1 saturated heterocycles. The summed E-state index contributed by atoms with van der Waals surface area (Å²) in [6, 6.07) is 15.1. The molecule has 30 heavy (non-hydrogen) atoms. The summed E-state index contributed by atoms with van der Waals surface area (Å²) in [4.78, 5) is 29.9. The van der Waals surface area contributed by atoms with Gasteiger partial charge in [0.05, 0.1) is 0 Å². The number of anilines is 2. The average Bonchev–Trinajstić information content (AvgIpc) is 3.30. The van der Waals surface area contributed by atoms with Crippen LogP contribution in [0.3, 0.4) is 0 Å². The minimum Gasteiger partial charge on any atom is -0.324 e. The maximum Gasteiger partial charge on any atom is 0.260 e. The van der Waals surface area contributed by atoms with Crippen LogP contribution in [0.4, 0.5) is 11.9 Å². The number of carbonyl (C=O) groups is 2. The SMILES string of the molecule is O=C1CCC(=O)N1c1nc2n(n1)C(c1ccc(Cl)cc1)C=C(c1ccc(Br)cc1)N2. The highest BCUT2D eigenvalue weighted by Gasteiger charge is 2.35. The van der Waals surface area contributed by atoms with Crippen molar-refractivity contribution in [2.75, 3.05) is 10.2 Å². The van der Waals surface area contributed by atoms with Crippen LogP contribution in [0.5, 0.6) is 0 Å². The summed E-state index contributed by atoms with van der Waals surface area (Å²) in [7, 11) is 0. The number of imide groups is 1. The molecule has 0 radical (unpaired) electrons. The standard InChI is InChI=1S/C21H15BrClN5O2/c22-14-5-1-12(2-6-14)16-11-17(13-3-7-15(23)8-4-13)28-20(24-16)25-21(26-28)27-18(29)9-10-19(27)30/h1-8,11,17H,9-10H2,(H,24,25,26). The Labute approximate surface area is 185 Å². The number of aromatic nitrogens is 3. The zero-order valence-corrected chi connectivity index (χ0v) is 17.9. The first-order chi connectivity index (χ1) is 14.5. The Morgan fingerprint density at radius 2 is 1.67 bits per heavy atom. The number of hydrogen-bond donors (Lipinski definition) is 1. The smallest absolute Gasteiger partial charge is 0.260 e. The molecular formula is C21H15BrClN5O2. The minimum atomic E-state index is -0.286. The fourth-order valence-corrected chi connectivity index (χ4v) is 3.96. The molecule has 0 spiro atoms. The van der Waals surface area contributed by atoms with Crippen molar-refractivity contribution in [3.8, 4) is 0 Å². The summed E-state index contributed by atoms with van der Waals surface area (Å²) < 4.78 is 2.66. The van der Waals surface area contributed by atoms with E-state index in [9.17, 15) is 9.59 Å². The normalized spacial score (nSPS) is 18.3. The first-order valence-electron chi connectivity index (χ1n) is 9.32. The summed E-state index contributed by atoms with van der Waals surface area (Å²) in [5.74, 6) is -0.0218. The molecule has 0 saturated carbocycles. The van der Waals surface area contributed by atoms with E-state index in [2.05, 4.69) is 31.3 Å². The van der Waals surface area contributed by atoms with Gasteiger partial charge in [-0.15, -0.1) is 5.10 Å². The molecule has 2 amide bonds. The summed E-state index contributed by atoms with van der Waals surface area (Å²) in [5, 5.41) is 8.41. The molecule has 3 heterocycles. The van der Waals surface area contributed by atoms with E-state index in [0.717, 1.165) is 26.2 Å². The van der Waals surface area contributed by atoms with Crippen molar-refractivity contribution in [3.05, 3.63) is 75.2 Å². The highest BCUT2D eigenvalue weighted by atomic mass is 79.9. The van der Waals surface area contributed by atoms with Gasteiger partial charge in [-0.25, -0.2) is 9.58 Å². The average molecular weight is 485 g/mol. The lowest BCUT2D eigenvalue weighted by Crippen LogP contribution is -2.29. The maximum absolute atomic E-state index is 12.2. The van der Waals surface area contributed by atoms with E-state index in [-0.39, 0.29) is 36.6 Å². The molecule has 9 heteroatoms. The second-order valence-electron chi connectivity index (χ2n) is 7.01. The van der Waals surface area contributed by atoms with E-state index in [1.165, 1.54) is 0 Å². The van der Waals surface area contributed by atoms with Crippen molar-refractivity contribution < 1.29 is 9.59 Å². The van der Waals surface area contributed by atoms with Crippen molar-refractivity contribution in [1.29, 1.82) is 0 Å². The molecule has 150 valence electrons. The maximum atomic E-state index is 12.2. The first kappa shape index (κ1) is 19.0. The molecule has 7 nitrogen and oxygen atoms in total. The van der Waals surface area contributed by atoms with Crippen LogP contribution >= 0.6 is 27.5 Å². The molecule has 5 rings (SSSR count). The van der Waals surface area contributed by atoms with Gasteiger partial charge in [-0.05, 0) is 41.5 Å². The third-order valence-electron chi connectivity index (χ3n) is 5.07. The van der Waals surface area contributed by atoms with E-state index in [1.807, 2.05) is 54.6 Å². The van der Waals surface area contributed by atoms with Crippen molar-refractivity contribution >= 4 is 56.9 Å². The largest absolute Gasteiger partial charge is 0.324 e. The number of halogens is 2. The van der Waals surface area contributed by atoms with Crippen LogP contribution in [-0.2, 0) is 9.59 Å². The number of allylic oxidation sites excluding steroid dienone is 1. The predicted molar refractivity (Wildman–Crippen MR) is 117 cm³/mol. The number of benzene rings is 2. The van der Waals surface area contributed by atoms with Gasteiger partial charge in [0.2, 0.25) is 17.8 Å². The third kappa shape index (κ3) is 3.32. The van der Waals surface area contributed by atoms with Gasteiger partial charge in [-0.3, -0.25) is 9.59 Å². The van der Waals surface area contributed by atoms with Crippen molar-refractivity contribution in [1.82, 2.24) is 14.8 Å². The number of fused-ring (bicyclic) bond motifs is 1. The van der Waals surface area contributed by atoms with Crippen molar-refractivity contribution in [2.24, 2.45) is 0 Å². The van der Waals surface area contributed by atoms with Gasteiger partial charge in [0.1, 0.15) is 6.04 Å². The van der Waals surface area contributed by atoms with Gasteiger partial charge in [0.15, 0.2) is 0 Å². The Kier molecular flexibility index (Phi) is 4.67. The van der Waals surface area contributed by atoms with Crippen LogP contribution < -0.4 is 10.2 Å². The Morgan fingerprint density at radius 3 is 2.33 bits per heavy atom. The summed E-state index contributed by atoms with van der Waals surface area (Å²) in [5.41, 5.74) is 2.78. The zero-order valence-electron chi connectivity index (χ0n) is 15.5. The molecule has 1 N–H and O–H groups in total. The Hall–Kier alpha value is -2.97. The van der Waals surface area contributed by atoms with Crippen LogP contribution in [0, 0.1) is 0 Å². The molecule has 2 aromatic carbocycles. The fourth-order valence-electron chi connectivity index (χ4n) is 3.57. The highest BCUT2D eigenvalue weighted by molar-refractivity contribution is 9.10. The molecular weight excluding hydrogens is 470 g/mol. The molecule has 0 bridgehead atoms. The third-order valence-corrected chi connectivity index (χ3v) is 5.85. The monoisotopic (exact) mass is 483 g/mol. The van der Waals surface area contributed by atoms with Gasteiger partial charge in [-0.2, -0.15) is 4.98 Å². The van der Waals surface area contributed by atoms with Crippen LogP contribution in [0.1, 0.15) is 30.0 Å². The molecule has 1 fully saturated rings. The lowest BCUT2D eigenvalue weighted by atomic mass is 10.0. The predicted octanol–water partition coefficient (Wildman–Crippen LogP) is 4.40. The molecule has 3 aromatic rings. The van der Waals surface area contributed by atoms with E-state index in [1.54, 1.807) is 4.68 Å². The molecule has 2 aliphatic heterocycles. The Bertz CT molecular complexity index is 1170. The van der Waals surface area contributed by atoms with Crippen LogP contribution in [0.25, 0.3) is 5.70 Å².